The molecule has 2 N–H and O–H groups in total. The Labute approximate surface area is 123 Å². The Kier molecular flexibility index (Phi) is 4.66. The molecule has 2 amide bonds. The smallest absolute Gasteiger partial charge is 0.314 e. The SMILES string of the molecule is CC(C)c1ccc(NC(=O)C(=O)Nc2cccnc2)cc1. The molecule has 0 fully saturated rings. The van der Waals surface area contributed by atoms with Gasteiger partial charge >= 0.3 is 11.8 Å². The van der Waals surface area contributed by atoms with Gasteiger partial charge in [-0.05, 0) is 35.7 Å². The third-order valence-electron chi connectivity index (χ3n) is 2.96. The van der Waals surface area contributed by atoms with Gasteiger partial charge in [0.1, 0.15) is 0 Å². The molecule has 5 nitrogen and oxygen atoms in total. The summed E-state index contributed by atoms with van der Waals surface area (Å²) in [6.07, 6.45) is 3.06. The normalized spacial score (nSPS) is 10.2. The van der Waals surface area contributed by atoms with Crippen molar-refractivity contribution in [1.82, 2.24) is 4.98 Å². The predicted molar refractivity (Wildman–Crippen MR) is 82.0 cm³/mol. The molecule has 0 unspecified atom stereocenters. The van der Waals surface area contributed by atoms with Gasteiger partial charge in [0.15, 0.2) is 0 Å². The zero-order valence-electron chi connectivity index (χ0n) is 12.0. The number of benzene rings is 1. The lowest BCUT2D eigenvalue weighted by Gasteiger charge is -2.08. The lowest BCUT2D eigenvalue weighted by atomic mass is 10.0. The zero-order chi connectivity index (χ0) is 15.2. The summed E-state index contributed by atoms with van der Waals surface area (Å²) >= 11 is 0. The van der Waals surface area contributed by atoms with E-state index in [1.807, 2.05) is 12.1 Å². The summed E-state index contributed by atoms with van der Waals surface area (Å²) in [6.45, 7) is 4.18. The molecular formula is C16H17N3O2. The average Bonchev–Trinajstić information content (AvgIpc) is 2.48. The van der Waals surface area contributed by atoms with E-state index >= 15 is 0 Å². The minimum absolute atomic E-state index is 0.420. The fraction of sp³-hybridized carbons (Fsp3) is 0.188. The fourth-order valence-electron chi connectivity index (χ4n) is 1.76. The van der Waals surface area contributed by atoms with Crippen molar-refractivity contribution in [3.05, 3.63) is 54.4 Å². The molecule has 21 heavy (non-hydrogen) atoms. The summed E-state index contributed by atoms with van der Waals surface area (Å²) in [4.78, 5) is 27.4. The van der Waals surface area contributed by atoms with E-state index in [-0.39, 0.29) is 0 Å². The number of carbonyl (C=O) groups excluding carboxylic acids is 2. The van der Waals surface area contributed by atoms with Gasteiger partial charge in [0.05, 0.1) is 11.9 Å². The monoisotopic (exact) mass is 283 g/mol. The van der Waals surface area contributed by atoms with Crippen LogP contribution in [0.2, 0.25) is 0 Å². The van der Waals surface area contributed by atoms with Crippen molar-refractivity contribution < 1.29 is 9.59 Å². The van der Waals surface area contributed by atoms with Crippen molar-refractivity contribution in [2.75, 3.05) is 10.6 Å². The van der Waals surface area contributed by atoms with Gasteiger partial charge in [0.2, 0.25) is 0 Å². The number of amides is 2. The number of carbonyl (C=O) groups is 2. The van der Waals surface area contributed by atoms with Gasteiger partial charge in [-0.2, -0.15) is 0 Å². The summed E-state index contributed by atoms with van der Waals surface area (Å²) < 4.78 is 0. The summed E-state index contributed by atoms with van der Waals surface area (Å²) in [6, 6.07) is 10.8. The molecule has 0 aliphatic carbocycles. The highest BCUT2D eigenvalue weighted by Crippen LogP contribution is 2.17. The molecule has 0 atom stereocenters. The quantitative estimate of drug-likeness (QED) is 0.851. The standard InChI is InChI=1S/C16H17N3O2/c1-11(2)12-5-7-13(8-6-12)18-15(20)16(21)19-14-4-3-9-17-10-14/h3-11H,1-2H3,(H,18,20)(H,19,21). The van der Waals surface area contributed by atoms with Gasteiger partial charge in [-0.15, -0.1) is 0 Å². The van der Waals surface area contributed by atoms with Crippen molar-refractivity contribution in [2.24, 2.45) is 0 Å². The number of anilines is 2. The van der Waals surface area contributed by atoms with Crippen LogP contribution < -0.4 is 10.6 Å². The van der Waals surface area contributed by atoms with Crippen LogP contribution in [-0.4, -0.2) is 16.8 Å². The minimum Gasteiger partial charge on any atom is -0.318 e. The Morgan fingerprint density at radius 3 is 2.10 bits per heavy atom. The Morgan fingerprint density at radius 1 is 0.952 bits per heavy atom. The molecule has 0 aliphatic heterocycles. The molecule has 0 saturated carbocycles. The molecule has 2 rings (SSSR count). The van der Waals surface area contributed by atoms with E-state index < -0.39 is 11.8 Å². The van der Waals surface area contributed by atoms with E-state index in [4.69, 9.17) is 0 Å². The van der Waals surface area contributed by atoms with E-state index in [1.54, 1.807) is 30.5 Å². The maximum atomic E-state index is 11.8. The first-order valence-electron chi connectivity index (χ1n) is 6.68. The Bertz CT molecular complexity index is 622. The van der Waals surface area contributed by atoms with E-state index in [0.717, 1.165) is 0 Å². The van der Waals surface area contributed by atoms with Gasteiger partial charge in [0, 0.05) is 11.9 Å². The van der Waals surface area contributed by atoms with Crippen LogP contribution in [0.5, 0.6) is 0 Å². The number of pyridine rings is 1. The van der Waals surface area contributed by atoms with Gasteiger partial charge in [-0.1, -0.05) is 26.0 Å². The van der Waals surface area contributed by atoms with Gasteiger partial charge < -0.3 is 10.6 Å². The molecule has 2 aromatic rings. The van der Waals surface area contributed by atoms with Crippen molar-refractivity contribution in [3.8, 4) is 0 Å². The average molecular weight is 283 g/mol. The largest absolute Gasteiger partial charge is 0.318 e. The topological polar surface area (TPSA) is 71.1 Å². The number of nitrogens with one attached hydrogen (secondary N) is 2. The Morgan fingerprint density at radius 2 is 1.57 bits per heavy atom. The molecule has 5 heteroatoms. The van der Waals surface area contributed by atoms with Crippen LogP contribution in [0.1, 0.15) is 25.3 Å². The summed E-state index contributed by atoms with van der Waals surface area (Å²) in [5.41, 5.74) is 2.24. The van der Waals surface area contributed by atoms with Crippen LogP contribution in [0.4, 0.5) is 11.4 Å². The Balaban J connectivity index is 1.96. The van der Waals surface area contributed by atoms with E-state index in [1.165, 1.54) is 11.8 Å². The summed E-state index contributed by atoms with van der Waals surface area (Å²) in [5, 5.41) is 5.03. The van der Waals surface area contributed by atoms with Crippen LogP contribution in [0.3, 0.4) is 0 Å². The molecule has 1 aromatic heterocycles. The number of rotatable bonds is 3. The van der Waals surface area contributed by atoms with Crippen LogP contribution >= 0.6 is 0 Å². The van der Waals surface area contributed by atoms with Crippen molar-refractivity contribution in [1.29, 1.82) is 0 Å². The van der Waals surface area contributed by atoms with Crippen LogP contribution in [0.25, 0.3) is 0 Å². The maximum absolute atomic E-state index is 11.8. The first-order chi connectivity index (χ1) is 10.1. The van der Waals surface area contributed by atoms with Crippen LogP contribution in [0, 0.1) is 0 Å². The summed E-state index contributed by atoms with van der Waals surface area (Å²) in [5.74, 6) is -1.02. The number of hydrogen-bond acceptors (Lipinski definition) is 3. The lowest BCUT2D eigenvalue weighted by molar-refractivity contribution is -0.133. The van der Waals surface area contributed by atoms with E-state index in [2.05, 4.69) is 29.5 Å². The van der Waals surface area contributed by atoms with Gasteiger partial charge in [-0.25, -0.2) is 0 Å². The second-order valence-corrected chi connectivity index (χ2v) is 4.93. The van der Waals surface area contributed by atoms with Crippen LogP contribution in [0.15, 0.2) is 48.8 Å². The van der Waals surface area contributed by atoms with Crippen molar-refractivity contribution in [2.45, 2.75) is 19.8 Å². The highest BCUT2D eigenvalue weighted by molar-refractivity contribution is 6.43. The first-order valence-corrected chi connectivity index (χ1v) is 6.68. The zero-order valence-corrected chi connectivity index (χ0v) is 12.0. The van der Waals surface area contributed by atoms with Crippen molar-refractivity contribution in [3.63, 3.8) is 0 Å². The molecule has 0 radical (unpaired) electrons. The van der Waals surface area contributed by atoms with Gasteiger partial charge in [0.25, 0.3) is 0 Å². The fourth-order valence-corrected chi connectivity index (χ4v) is 1.76. The maximum Gasteiger partial charge on any atom is 0.314 e. The minimum atomic E-state index is -0.726. The molecule has 1 heterocycles. The second kappa shape index (κ2) is 6.65. The molecule has 1 aromatic carbocycles. The van der Waals surface area contributed by atoms with E-state index in [0.29, 0.717) is 17.3 Å². The van der Waals surface area contributed by atoms with E-state index in [9.17, 15) is 9.59 Å². The molecule has 0 saturated heterocycles. The highest BCUT2D eigenvalue weighted by Gasteiger charge is 2.14. The summed E-state index contributed by atoms with van der Waals surface area (Å²) in [7, 11) is 0. The second-order valence-electron chi connectivity index (χ2n) is 4.93. The van der Waals surface area contributed by atoms with Crippen LogP contribution in [-0.2, 0) is 9.59 Å². The Hall–Kier alpha value is -2.69. The molecule has 108 valence electrons. The number of aromatic nitrogens is 1. The van der Waals surface area contributed by atoms with Crippen molar-refractivity contribution >= 4 is 23.2 Å². The molecular weight excluding hydrogens is 266 g/mol. The molecule has 0 bridgehead atoms. The highest BCUT2D eigenvalue weighted by atomic mass is 16.2. The molecule has 0 spiro atoms. The third kappa shape index (κ3) is 4.14. The molecule has 0 aliphatic rings. The third-order valence-corrected chi connectivity index (χ3v) is 2.96. The first kappa shape index (κ1) is 14.7. The lowest BCUT2D eigenvalue weighted by Crippen LogP contribution is -2.29. The number of nitrogens with zero attached hydrogens (tertiary/aromatic N) is 1. The number of hydrogen-bond donors (Lipinski definition) is 2. The predicted octanol–water partition coefficient (Wildman–Crippen LogP) is 2.78. The van der Waals surface area contributed by atoms with Gasteiger partial charge in [-0.3, -0.25) is 14.6 Å².